The number of rotatable bonds is 5. The molecule has 0 saturated heterocycles. The van der Waals surface area contributed by atoms with Gasteiger partial charge in [0.25, 0.3) is 0 Å². The van der Waals surface area contributed by atoms with Gasteiger partial charge in [-0.25, -0.2) is 0 Å². The summed E-state index contributed by atoms with van der Waals surface area (Å²) in [7, 11) is 6.14. The van der Waals surface area contributed by atoms with E-state index in [-0.39, 0.29) is 17.9 Å². The lowest BCUT2D eigenvalue weighted by Gasteiger charge is -2.21. The van der Waals surface area contributed by atoms with E-state index in [1.807, 2.05) is 6.07 Å². The predicted octanol–water partition coefficient (Wildman–Crippen LogP) is 2.06. The van der Waals surface area contributed by atoms with E-state index in [1.165, 1.54) is 13.2 Å². The van der Waals surface area contributed by atoms with Crippen LogP contribution in [0.4, 0.5) is 5.69 Å². The van der Waals surface area contributed by atoms with Gasteiger partial charge in [0, 0.05) is 23.7 Å². The van der Waals surface area contributed by atoms with Gasteiger partial charge in [0.15, 0.2) is 17.2 Å². The van der Waals surface area contributed by atoms with E-state index in [9.17, 15) is 9.90 Å². The summed E-state index contributed by atoms with van der Waals surface area (Å²) in [6.07, 6.45) is 0.635. The molecule has 1 heterocycles. The fraction of sp³-hybridized carbons (Fsp3) is 0.350. The molecule has 0 saturated carbocycles. The molecule has 144 valence electrons. The SMILES string of the molecule is COc1cc2c(c(OC)c1OC)-c1ccc(OC)c(=O)cc1N(CO)CC2. The van der Waals surface area contributed by atoms with E-state index in [2.05, 4.69) is 0 Å². The minimum atomic E-state index is -0.264. The molecule has 0 unspecified atom stereocenters. The topological polar surface area (TPSA) is 77.5 Å². The molecule has 7 heteroatoms. The van der Waals surface area contributed by atoms with Crippen LogP contribution >= 0.6 is 0 Å². The van der Waals surface area contributed by atoms with Crippen LogP contribution in [-0.4, -0.2) is 46.8 Å². The summed E-state index contributed by atoms with van der Waals surface area (Å²) in [5.74, 6) is 1.78. The molecule has 0 fully saturated rings. The minimum absolute atomic E-state index is 0.219. The third kappa shape index (κ3) is 3.14. The predicted molar refractivity (Wildman–Crippen MR) is 102 cm³/mol. The van der Waals surface area contributed by atoms with Gasteiger partial charge in [0.1, 0.15) is 6.73 Å². The van der Waals surface area contributed by atoms with Crippen LogP contribution in [-0.2, 0) is 6.42 Å². The molecule has 0 radical (unpaired) electrons. The van der Waals surface area contributed by atoms with Crippen molar-refractivity contribution in [3.63, 3.8) is 0 Å². The largest absolute Gasteiger partial charge is 0.493 e. The van der Waals surface area contributed by atoms with Gasteiger partial charge >= 0.3 is 0 Å². The second kappa shape index (κ2) is 7.75. The van der Waals surface area contributed by atoms with Crippen molar-refractivity contribution < 1.29 is 24.1 Å². The fourth-order valence-corrected chi connectivity index (χ4v) is 3.46. The molecule has 1 aliphatic heterocycles. The van der Waals surface area contributed by atoms with Gasteiger partial charge in [-0.2, -0.15) is 0 Å². The lowest BCUT2D eigenvalue weighted by molar-refractivity contribution is 0.291. The summed E-state index contributed by atoms with van der Waals surface area (Å²) in [5, 5.41) is 9.88. The number of hydrogen-bond acceptors (Lipinski definition) is 7. The van der Waals surface area contributed by atoms with E-state index >= 15 is 0 Å². The van der Waals surface area contributed by atoms with Gasteiger partial charge in [-0.15, -0.1) is 0 Å². The summed E-state index contributed by atoms with van der Waals surface area (Å²) in [6.45, 7) is 0.310. The Balaban J connectivity index is 2.43. The molecule has 1 aliphatic rings. The van der Waals surface area contributed by atoms with E-state index in [4.69, 9.17) is 18.9 Å². The Morgan fingerprint density at radius 2 is 1.67 bits per heavy atom. The molecule has 1 N–H and O–H groups in total. The first-order chi connectivity index (χ1) is 13.1. The molecule has 0 amide bonds. The summed E-state index contributed by atoms with van der Waals surface area (Å²) in [6, 6.07) is 6.82. The van der Waals surface area contributed by atoms with Gasteiger partial charge in [0.05, 0.1) is 34.1 Å². The van der Waals surface area contributed by atoms with Crippen molar-refractivity contribution in [2.75, 3.05) is 46.6 Å². The number of benzene rings is 1. The number of fused-ring (bicyclic) bond motifs is 3. The Morgan fingerprint density at radius 1 is 0.963 bits per heavy atom. The highest BCUT2D eigenvalue weighted by molar-refractivity contribution is 5.88. The van der Waals surface area contributed by atoms with Crippen LogP contribution < -0.4 is 29.3 Å². The summed E-state index contributed by atoms with van der Waals surface area (Å²) in [5.41, 5.74) is 2.86. The average molecular weight is 373 g/mol. The first kappa shape index (κ1) is 18.8. The van der Waals surface area contributed by atoms with Gasteiger partial charge < -0.3 is 29.0 Å². The van der Waals surface area contributed by atoms with Gasteiger partial charge in [0.2, 0.25) is 11.2 Å². The summed E-state index contributed by atoms with van der Waals surface area (Å²) < 4.78 is 21.9. The summed E-state index contributed by atoms with van der Waals surface area (Å²) >= 11 is 0. The summed E-state index contributed by atoms with van der Waals surface area (Å²) in [4.78, 5) is 14.2. The molecule has 0 spiro atoms. The third-order valence-electron chi connectivity index (χ3n) is 4.75. The number of hydrogen-bond donors (Lipinski definition) is 1. The quantitative estimate of drug-likeness (QED) is 0.860. The monoisotopic (exact) mass is 373 g/mol. The smallest absolute Gasteiger partial charge is 0.222 e. The molecule has 3 rings (SSSR count). The van der Waals surface area contributed by atoms with Crippen LogP contribution in [0, 0.1) is 0 Å². The maximum atomic E-state index is 12.5. The van der Waals surface area contributed by atoms with Crippen molar-refractivity contribution >= 4 is 5.69 Å². The molecule has 27 heavy (non-hydrogen) atoms. The second-order valence-electron chi connectivity index (χ2n) is 6.04. The Morgan fingerprint density at radius 3 is 2.26 bits per heavy atom. The first-order valence-electron chi connectivity index (χ1n) is 8.49. The van der Waals surface area contributed by atoms with Crippen LogP contribution in [0.1, 0.15) is 5.56 Å². The van der Waals surface area contributed by atoms with Gasteiger partial charge in [-0.05, 0) is 30.2 Å². The van der Waals surface area contributed by atoms with Crippen molar-refractivity contribution in [3.05, 3.63) is 40.1 Å². The first-order valence-corrected chi connectivity index (χ1v) is 8.49. The molecule has 2 aromatic rings. The molecule has 7 nitrogen and oxygen atoms in total. The Bertz CT molecular complexity index is 912. The number of methoxy groups -OCH3 is 4. The molecule has 0 aliphatic carbocycles. The third-order valence-corrected chi connectivity index (χ3v) is 4.75. The zero-order chi connectivity index (χ0) is 19.6. The highest BCUT2D eigenvalue weighted by Crippen LogP contribution is 2.49. The average Bonchev–Trinajstić information content (AvgIpc) is 2.94. The van der Waals surface area contributed by atoms with E-state index in [1.54, 1.807) is 38.4 Å². The second-order valence-corrected chi connectivity index (χ2v) is 6.04. The minimum Gasteiger partial charge on any atom is -0.493 e. The Labute approximate surface area is 157 Å². The Hall–Kier alpha value is -2.93. The van der Waals surface area contributed by atoms with Crippen molar-refractivity contribution in [3.8, 4) is 34.1 Å². The van der Waals surface area contributed by atoms with Crippen LogP contribution in [0.3, 0.4) is 0 Å². The molecule has 0 aromatic heterocycles. The zero-order valence-corrected chi connectivity index (χ0v) is 15.9. The van der Waals surface area contributed by atoms with Crippen molar-refractivity contribution in [1.29, 1.82) is 0 Å². The fourth-order valence-electron chi connectivity index (χ4n) is 3.46. The molecule has 2 aromatic carbocycles. The highest BCUT2D eigenvalue weighted by atomic mass is 16.5. The molecular weight excluding hydrogens is 350 g/mol. The van der Waals surface area contributed by atoms with E-state index in [0.717, 1.165) is 16.7 Å². The maximum Gasteiger partial charge on any atom is 0.222 e. The van der Waals surface area contributed by atoms with Crippen LogP contribution in [0.25, 0.3) is 11.1 Å². The molecule has 0 bridgehead atoms. The Kier molecular flexibility index (Phi) is 5.41. The van der Waals surface area contributed by atoms with Crippen LogP contribution in [0.5, 0.6) is 23.0 Å². The van der Waals surface area contributed by atoms with Crippen LogP contribution in [0.15, 0.2) is 29.1 Å². The number of nitrogens with zero attached hydrogens (tertiary/aromatic N) is 1. The van der Waals surface area contributed by atoms with Gasteiger partial charge in [-0.1, -0.05) is 0 Å². The van der Waals surface area contributed by atoms with Crippen molar-refractivity contribution in [1.82, 2.24) is 0 Å². The highest BCUT2D eigenvalue weighted by Gasteiger charge is 2.27. The van der Waals surface area contributed by atoms with E-state index in [0.29, 0.717) is 35.9 Å². The number of ether oxygens (including phenoxy) is 4. The lowest BCUT2D eigenvalue weighted by Crippen LogP contribution is -2.26. The van der Waals surface area contributed by atoms with Gasteiger partial charge in [-0.3, -0.25) is 4.79 Å². The number of aliphatic hydroxyl groups excluding tert-OH is 1. The standard InChI is InChI=1S/C20H23NO6/c1-24-16-6-5-13-14(10-15(16)23)21(11-22)8-7-12-9-17(25-2)19(26-3)20(27-4)18(12)13/h5-6,9-10,22H,7-8,11H2,1-4H3. The molecular formula is C20H23NO6. The van der Waals surface area contributed by atoms with Crippen molar-refractivity contribution in [2.24, 2.45) is 0 Å². The normalized spacial score (nSPS) is 12.6. The maximum absolute atomic E-state index is 12.5. The van der Waals surface area contributed by atoms with E-state index < -0.39 is 0 Å². The lowest BCUT2D eigenvalue weighted by atomic mass is 9.96. The zero-order valence-electron chi connectivity index (χ0n) is 15.9. The molecule has 0 atom stereocenters. The van der Waals surface area contributed by atoms with Crippen LogP contribution in [0.2, 0.25) is 0 Å². The number of aliphatic hydroxyl groups is 1. The van der Waals surface area contributed by atoms with Crippen molar-refractivity contribution in [2.45, 2.75) is 6.42 Å². The number of anilines is 1.